The third-order valence-corrected chi connectivity index (χ3v) is 3.79. The molecule has 0 radical (unpaired) electrons. The lowest BCUT2D eigenvalue weighted by Crippen LogP contribution is -2.46. The van der Waals surface area contributed by atoms with Gasteiger partial charge in [0.1, 0.15) is 6.54 Å². The van der Waals surface area contributed by atoms with Gasteiger partial charge in [0.05, 0.1) is 0 Å². The van der Waals surface area contributed by atoms with E-state index in [4.69, 9.17) is 5.11 Å². The van der Waals surface area contributed by atoms with Crippen molar-refractivity contribution in [3.63, 3.8) is 0 Å². The maximum absolute atomic E-state index is 12.3. The highest BCUT2D eigenvalue weighted by Gasteiger charge is 2.24. The molecule has 1 heterocycles. The van der Waals surface area contributed by atoms with Crippen molar-refractivity contribution in [1.82, 2.24) is 14.7 Å². The van der Waals surface area contributed by atoms with Crippen LogP contribution in [0.25, 0.3) is 0 Å². The summed E-state index contributed by atoms with van der Waals surface area (Å²) >= 11 is 0. The van der Waals surface area contributed by atoms with E-state index in [1.807, 2.05) is 6.92 Å². The van der Waals surface area contributed by atoms with Gasteiger partial charge in [-0.3, -0.25) is 4.79 Å². The normalized spacial score (nSPS) is 16.9. The van der Waals surface area contributed by atoms with Gasteiger partial charge in [-0.05, 0) is 45.3 Å². The number of aliphatic carboxylic acids is 1. The highest BCUT2D eigenvalue weighted by atomic mass is 16.4. The minimum atomic E-state index is -0.959. The van der Waals surface area contributed by atoms with Crippen LogP contribution in [0.4, 0.5) is 4.79 Å². The largest absolute Gasteiger partial charge is 0.480 e. The van der Waals surface area contributed by atoms with Crippen LogP contribution in [0.15, 0.2) is 0 Å². The van der Waals surface area contributed by atoms with E-state index in [0.29, 0.717) is 19.0 Å². The molecule has 0 unspecified atom stereocenters. The maximum Gasteiger partial charge on any atom is 0.323 e. The van der Waals surface area contributed by atoms with Crippen molar-refractivity contribution in [1.29, 1.82) is 0 Å². The van der Waals surface area contributed by atoms with E-state index in [1.165, 1.54) is 4.90 Å². The molecule has 0 atom stereocenters. The topological polar surface area (TPSA) is 64.1 Å². The fourth-order valence-corrected chi connectivity index (χ4v) is 2.63. The van der Waals surface area contributed by atoms with Gasteiger partial charge in [0.25, 0.3) is 0 Å². The van der Waals surface area contributed by atoms with Crippen molar-refractivity contribution in [2.45, 2.75) is 26.2 Å². The highest BCUT2D eigenvalue weighted by Crippen LogP contribution is 2.17. The second kappa shape index (κ2) is 8.09. The van der Waals surface area contributed by atoms with Crippen LogP contribution in [0.1, 0.15) is 26.2 Å². The Morgan fingerprint density at radius 3 is 2.40 bits per heavy atom. The number of carbonyl (C=O) groups excluding carboxylic acids is 1. The van der Waals surface area contributed by atoms with Gasteiger partial charge in [-0.1, -0.05) is 6.92 Å². The van der Waals surface area contributed by atoms with Gasteiger partial charge in [0, 0.05) is 20.1 Å². The fraction of sp³-hybridized carbons (Fsp3) is 0.857. The van der Waals surface area contributed by atoms with Crippen molar-refractivity contribution in [3.05, 3.63) is 0 Å². The molecule has 6 heteroatoms. The van der Waals surface area contributed by atoms with Crippen LogP contribution >= 0.6 is 0 Å². The number of piperidine rings is 1. The smallest absolute Gasteiger partial charge is 0.323 e. The Morgan fingerprint density at radius 2 is 1.90 bits per heavy atom. The first-order valence-electron chi connectivity index (χ1n) is 7.34. The van der Waals surface area contributed by atoms with Crippen LogP contribution in [0.2, 0.25) is 0 Å². The first-order valence-corrected chi connectivity index (χ1v) is 7.34. The molecule has 1 fully saturated rings. The number of hydrogen-bond donors (Lipinski definition) is 1. The summed E-state index contributed by atoms with van der Waals surface area (Å²) in [4.78, 5) is 28.5. The van der Waals surface area contributed by atoms with Gasteiger partial charge in [0.2, 0.25) is 0 Å². The predicted octanol–water partition coefficient (Wildman–Crippen LogP) is 1.18. The lowest BCUT2D eigenvalue weighted by Gasteiger charge is -2.33. The standard InChI is InChI=1S/C14H27N3O3/c1-4-7-17(11-13(18)19)14(20)16(3)10-12-5-8-15(2)9-6-12/h12H,4-11H2,1-3H3,(H,18,19). The van der Waals surface area contributed by atoms with Crippen LogP contribution in [0.5, 0.6) is 0 Å². The molecule has 0 bridgehead atoms. The Morgan fingerprint density at radius 1 is 1.30 bits per heavy atom. The summed E-state index contributed by atoms with van der Waals surface area (Å²) in [5.41, 5.74) is 0. The SMILES string of the molecule is CCCN(CC(=O)O)C(=O)N(C)CC1CCN(C)CC1. The maximum atomic E-state index is 12.3. The van der Waals surface area contributed by atoms with Gasteiger partial charge in [-0.25, -0.2) is 4.79 Å². The van der Waals surface area contributed by atoms with E-state index < -0.39 is 5.97 Å². The zero-order chi connectivity index (χ0) is 15.1. The lowest BCUT2D eigenvalue weighted by molar-refractivity contribution is -0.137. The second-order valence-corrected chi connectivity index (χ2v) is 5.73. The fourth-order valence-electron chi connectivity index (χ4n) is 2.63. The van der Waals surface area contributed by atoms with E-state index in [2.05, 4.69) is 11.9 Å². The molecular formula is C14H27N3O3. The third kappa shape index (κ3) is 5.36. The Labute approximate surface area is 121 Å². The van der Waals surface area contributed by atoms with Crippen molar-refractivity contribution >= 4 is 12.0 Å². The molecule has 2 amide bonds. The minimum Gasteiger partial charge on any atom is -0.480 e. The van der Waals surface area contributed by atoms with Crippen molar-refractivity contribution in [3.8, 4) is 0 Å². The van der Waals surface area contributed by atoms with Crippen LogP contribution in [-0.2, 0) is 4.79 Å². The number of nitrogens with zero attached hydrogens (tertiary/aromatic N) is 3. The Hall–Kier alpha value is -1.30. The molecule has 1 aliphatic rings. The van der Waals surface area contributed by atoms with Gasteiger partial charge in [0.15, 0.2) is 0 Å². The van der Waals surface area contributed by atoms with Crippen molar-refractivity contribution < 1.29 is 14.7 Å². The number of amides is 2. The summed E-state index contributed by atoms with van der Waals surface area (Å²) in [5, 5.41) is 8.87. The Kier molecular flexibility index (Phi) is 6.78. The van der Waals surface area contributed by atoms with Gasteiger partial charge < -0.3 is 19.8 Å². The molecule has 1 rings (SSSR count). The monoisotopic (exact) mass is 285 g/mol. The number of carboxylic acids is 1. The molecule has 1 aliphatic heterocycles. The van der Waals surface area contributed by atoms with E-state index in [9.17, 15) is 9.59 Å². The minimum absolute atomic E-state index is 0.173. The van der Waals surface area contributed by atoms with Gasteiger partial charge >= 0.3 is 12.0 Å². The number of hydrogen-bond acceptors (Lipinski definition) is 3. The van der Waals surface area contributed by atoms with E-state index in [0.717, 1.165) is 32.4 Å². The summed E-state index contributed by atoms with van der Waals surface area (Å²) in [5.74, 6) is -0.437. The zero-order valence-corrected chi connectivity index (χ0v) is 12.8. The van der Waals surface area contributed by atoms with Gasteiger partial charge in [-0.15, -0.1) is 0 Å². The summed E-state index contributed by atoms with van der Waals surface area (Å²) in [6.07, 6.45) is 2.96. The average molecular weight is 285 g/mol. The lowest BCUT2D eigenvalue weighted by atomic mass is 9.97. The predicted molar refractivity (Wildman–Crippen MR) is 77.7 cm³/mol. The molecule has 0 aromatic heterocycles. The van der Waals surface area contributed by atoms with Crippen LogP contribution in [-0.4, -0.2) is 78.6 Å². The number of rotatable bonds is 6. The number of carboxylic acid groups (broad SMARTS) is 1. The molecular weight excluding hydrogens is 258 g/mol. The first kappa shape index (κ1) is 16.8. The summed E-state index contributed by atoms with van der Waals surface area (Å²) in [6.45, 7) is 5.07. The third-order valence-electron chi connectivity index (χ3n) is 3.79. The van der Waals surface area contributed by atoms with Gasteiger partial charge in [-0.2, -0.15) is 0 Å². The van der Waals surface area contributed by atoms with Crippen LogP contribution < -0.4 is 0 Å². The molecule has 0 spiro atoms. The Bertz CT molecular complexity index is 328. The zero-order valence-electron chi connectivity index (χ0n) is 12.8. The average Bonchev–Trinajstić information content (AvgIpc) is 2.39. The molecule has 0 aromatic rings. The summed E-state index contributed by atoms with van der Waals surface area (Å²) in [6, 6.07) is -0.173. The van der Waals surface area contributed by atoms with E-state index in [-0.39, 0.29) is 12.6 Å². The molecule has 1 N–H and O–H groups in total. The van der Waals surface area contributed by atoms with Crippen LogP contribution in [0.3, 0.4) is 0 Å². The molecule has 0 saturated carbocycles. The molecule has 116 valence electrons. The number of likely N-dealkylation sites (tertiary alicyclic amines) is 1. The number of urea groups is 1. The van der Waals surface area contributed by atoms with E-state index >= 15 is 0 Å². The van der Waals surface area contributed by atoms with Crippen LogP contribution in [0, 0.1) is 5.92 Å². The Balaban J connectivity index is 2.48. The van der Waals surface area contributed by atoms with E-state index in [1.54, 1.807) is 11.9 Å². The molecule has 1 saturated heterocycles. The second-order valence-electron chi connectivity index (χ2n) is 5.73. The summed E-state index contributed by atoms with van der Waals surface area (Å²) < 4.78 is 0. The quantitative estimate of drug-likeness (QED) is 0.796. The molecule has 0 aromatic carbocycles. The molecule has 6 nitrogen and oxygen atoms in total. The molecule has 0 aliphatic carbocycles. The first-order chi connectivity index (χ1) is 9.43. The van der Waals surface area contributed by atoms with Crippen molar-refractivity contribution in [2.24, 2.45) is 5.92 Å². The number of carbonyl (C=O) groups is 2. The molecule has 20 heavy (non-hydrogen) atoms. The van der Waals surface area contributed by atoms with Crippen molar-refractivity contribution in [2.75, 3.05) is 46.8 Å². The highest BCUT2D eigenvalue weighted by molar-refractivity contribution is 5.80. The summed E-state index contributed by atoms with van der Waals surface area (Å²) in [7, 11) is 3.88.